The van der Waals surface area contributed by atoms with Crippen LogP contribution in [0.25, 0.3) is 5.69 Å². The molecule has 0 aliphatic heterocycles. The molecule has 23 heavy (non-hydrogen) atoms. The first-order valence-electron chi connectivity index (χ1n) is 7.89. The Kier molecular flexibility index (Phi) is 3.91. The third-order valence-corrected chi connectivity index (χ3v) is 4.60. The molecule has 2 aromatic heterocycles. The highest BCUT2D eigenvalue weighted by Crippen LogP contribution is 2.30. The van der Waals surface area contributed by atoms with Gasteiger partial charge in [-0.25, -0.2) is 0 Å². The summed E-state index contributed by atoms with van der Waals surface area (Å²) in [7, 11) is 0. The zero-order valence-electron chi connectivity index (χ0n) is 13.5. The average molecular weight is 308 g/mol. The van der Waals surface area contributed by atoms with E-state index < -0.39 is 5.54 Å². The lowest BCUT2D eigenvalue weighted by atomic mass is 9.99. The second-order valence-corrected chi connectivity index (χ2v) is 6.19. The van der Waals surface area contributed by atoms with Crippen LogP contribution in [0.15, 0.2) is 30.6 Å². The molecule has 0 bridgehead atoms. The Hall–Kier alpha value is -2.61. The van der Waals surface area contributed by atoms with E-state index in [9.17, 15) is 10.1 Å². The molecule has 118 valence electrons. The van der Waals surface area contributed by atoms with Crippen molar-refractivity contribution in [3.8, 4) is 11.8 Å². The third-order valence-electron chi connectivity index (χ3n) is 4.60. The summed E-state index contributed by atoms with van der Waals surface area (Å²) in [6.45, 7) is 3.88. The van der Waals surface area contributed by atoms with Crippen molar-refractivity contribution < 1.29 is 4.79 Å². The quantitative estimate of drug-likeness (QED) is 0.947. The second kappa shape index (κ2) is 5.88. The van der Waals surface area contributed by atoms with Crippen LogP contribution in [-0.2, 0) is 0 Å². The third kappa shape index (κ3) is 2.72. The van der Waals surface area contributed by atoms with E-state index in [2.05, 4.69) is 16.4 Å². The molecular weight excluding hydrogens is 288 g/mol. The van der Waals surface area contributed by atoms with Crippen molar-refractivity contribution in [3.63, 3.8) is 0 Å². The van der Waals surface area contributed by atoms with Gasteiger partial charge in [0.25, 0.3) is 5.91 Å². The summed E-state index contributed by atoms with van der Waals surface area (Å²) in [5, 5.41) is 12.4. The van der Waals surface area contributed by atoms with Crippen LogP contribution in [0.5, 0.6) is 0 Å². The molecule has 0 spiro atoms. The van der Waals surface area contributed by atoms with Crippen LogP contribution < -0.4 is 5.32 Å². The summed E-state index contributed by atoms with van der Waals surface area (Å²) < 4.78 is 2.01. The van der Waals surface area contributed by atoms with E-state index in [0.717, 1.165) is 42.8 Å². The molecule has 2 heterocycles. The van der Waals surface area contributed by atoms with E-state index >= 15 is 0 Å². The number of aromatic nitrogens is 2. The Morgan fingerprint density at radius 2 is 2.13 bits per heavy atom. The molecule has 1 fully saturated rings. The van der Waals surface area contributed by atoms with Gasteiger partial charge in [0.05, 0.1) is 23.5 Å². The molecule has 0 atom stereocenters. The molecular formula is C18H20N4O. The lowest BCUT2D eigenvalue weighted by Gasteiger charge is -2.22. The first kappa shape index (κ1) is 15.3. The van der Waals surface area contributed by atoms with Gasteiger partial charge in [-0.15, -0.1) is 0 Å². The topological polar surface area (TPSA) is 70.7 Å². The Bertz CT molecular complexity index is 764. The van der Waals surface area contributed by atoms with E-state index in [4.69, 9.17) is 0 Å². The fourth-order valence-corrected chi connectivity index (χ4v) is 3.40. The summed E-state index contributed by atoms with van der Waals surface area (Å²) in [6, 6.07) is 8.01. The van der Waals surface area contributed by atoms with E-state index in [0.29, 0.717) is 5.56 Å². The largest absolute Gasteiger partial charge is 0.334 e. The molecule has 1 aliphatic rings. The minimum absolute atomic E-state index is 0.170. The summed E-state index contributed by atoms with van der Waals surface area (Å²) in [6.07, 6.45) is 6.94. The zero-order valence-corrected chi connectivity index (χ0v) is 13.5. The van der Waals surface area contributed by atoms with Crippen molar-refractivity contribution in [1.29, 1.82) is 5.26 Å². The van der Waals surface area contributed by atoms with Gasteiger partial charge in [0.1, 0.15) is 5.54 Å². The zero-order chi connectivity index (χ0) is 16.4. The number of hydrogen-bond donors (Lipinski definition) is 1. The maximum absolute atomic E-state index is 12.7. The number of nitrogens with zero attached hydrogens (tertiary/aromatic N) is 3. The molecule has 1 N–H and O–H groups in total. The van der Waals surface area contributed by atoms with Gasteiger partial charge in [0.2, 0.25) is 0 Å². The Labute approximate surface area is 136 Å². The highest BCUT2D eigenvalue weighted by atomic mass is 16.1. The number of aryl methyl sites for hydroxylation is 1. The second-order valence-electron chi connectivity index (χ2n) is 6.19. The van der Waals surface area contributed by atoms with Crippen LogP contribution in [-0.4, -0.2) is 21.0 Å². The molecule has 0 aromatic carbocycles. The molecule has 1 amide bonds. The Morgan fingerprint density at radius 3 is 2.74 bits per heavy atom. The van der Waals surface area contributed by atoms with Gasteiger partial charge in [-0.3, -0.25) is 9.78 Å². The number of carbonyl (C=O) groups excluding carboxylic acids is 1. The summed E-state index contributed by atoms with van der Waals surface area (Å²) in [5.41, 5.74) is 2.68. The predicted molar refractivity (Wildman–Crippen MR) is 87.3 cm³/mol. The number of amides is 1. The number of pyridine rings is 1. The van der Waals surface area contributed by atoms with Crippen molar-refractivity contribution >= 4 is 5.91 Å². The number of hydrogen-bond acceptors (Lipinski definition) is 3. The minimum atomic E-state index is -0.701. The fourth-order valence-electron chi connectivity index (χ4n) is 3.40. The number of nitrogens with one attached hydrogen (secondary N) is 1. The van der Waals surface area contributed by atoms with Gasteiger partial charge in [-0.2, -0.15) is 5.26 Å². The van der Waals surface area contributed by atoms with E-state index in [1.54, 1.807) is 12.4 Å². The first-order valence-corrected chi connectivity index (χ1v) is 7.89. The van der Waals surface area contributed by atoms with Crippen LogP contribution in [0.2, 0.25) is 0 Å². The highest BCUT2D eigenvalue weighted by molar-refractivity contribution is 5.96. The van der Waals surface area contributed by atoms with Crippen LogP contribution in [0.4, 0.5) is 0 Å². The molecule has 0 radical (unpaired) electrons. The number of nitriles is 1. The van der Waals surface area contributed by atoms with Gasteiger partial charge in [-0.1, -0.05) is 0 Å². The molecule has 0 saturated heterocycles. The number of carbonyl (C=O) groups is 1. The minimum Gasteiger partial charge on any atom is -0.334 e. The lowest BCUT2D eigenvalue weighted by molar-refractivity contribution is 0.0920. The molecule has 1 saturated carbocycles. The summed E-state index contributed by atoms with van der Waals surface area (Å²) >= 11 is 0. The fraction of sp³-hybridized carbons (Fsp3) is 0.389. The van der Waals surface area contributed by atoms with Crippen LogP contribution in [0, 0.1) is 25.2 Å². The Morgan fingerprint density at radius 1 is 1.39 bits per heavy atom. The van der Waals surface area contributed by atoms with E-state index in [1.165, 1.54) is 0 Å². The monoisotopic (exact) mass is 308 g/mol. The van der Waals surface area contributed by atoms with Crippen molar-refractivity contribution in [2.75, 3.05) is 0 Å². The van der Waals surface area contributed by atoms with Gasteiger partial charge >= 0.3 is 0 Å². The average Bonchev–Trinajstić information content (AvgIpc) is 3.13. The van der Waals surface area contributed by atoms with Gasteiger partial charge in [0, 0.05) is 17.6 Å². The van der Waals surface area contributed by atoms with Crippen molar-refractivity contribution in [2.45, 2.75) is 45.1 Å². The van der Waals surface area contributed by atoms with E-state index in [1.807, 2.05) is 36.6 Å². The Balaban J connectivity index is 1.93. The van der Waals surface area contributed by atoms with Gasteiger partial charge in [-0.05, 0) is 57.7 Å². The predicted octanol–water partition coefficient (Wildman–Crippen LogP) is 3.06. The maximum Gasteiger partial charge on any atom is 0.254 e. The summed E-state index contributed by atoms with van der Waals surface area (Å²) in [5.74, 6) is -0.170. The van der Waals surface area contributed by atoms with Crippen molar-refractivity contribution in [1.82, 2.24) is 14.9 Å². The van der Waals surface area contributed by atoms with Gasteiger partial charge < -0.3 is 9.88 Å². The molecule has 5 nitrogen and oxygen atoms in total. The van der Waals surface area contributed by atoms with Crippen LogP contribution in [0.1, 0.15) is 47.4 Å². The molecule has 0 unspecified atom stereocenters. The molecule has 5 heteroatoms. The van der Waals surface area contributed by atoms with Crippen molar-refractivity contribution in [3.05, 3.63) is 47.5 Å². The van der Waals surface area contributed by atoms with Crippen LogP contribution >= 0.6 is 0 Å². The maximum atomic E-state index is 12.7. The normalized spacial score (nSPS) is 16.0. The lowest BCUT2D eigenvalue weighted by Crippen LogP contribution is -2.45. The number of rotatable bonds is 3. The first-order chi connectivity index (χ1) is 11.1. The van der Waals surface area contributed by atoms with Crippen LogP contribution in [0.3, 0.4) is 0 Å². The highest BCUT2D eigenvalue weighted by Gasteiger charge is 2.36. The van der Waals surface area contributed by atoms with Crippen molar-refractivity contribution in [2.24, 2.45) is 0 Å². The molecule has 1 aliphatic carbocycles. The molecule has 2 aromatic rings. The van der Waals surface area contributed by atoms with E-state index in [-0.39, 0.29) is 5.91 Å². The van der Waals surface area contributed by atoms with Gasteiger partial charge in [0.15, 0.2) is 0 Å². The SMILES string of the molecule is Cc1cc(C(=O)NC2(C#N)CCCC2)c(C)n1-c1cccnc1. The standard InChI is InChI=1S/C18H20N4O/c1-13-10-16(14(2)22(13)15-6-5-9-20-11-15)17(23)21-18(12-19)7-3-4-8-18/h5-6,9-11H,3-4,7-8H2,1-2H3,(H,21,23). The molecule has 3 rings (SSSR count). The summed E-state index contributed by atoms with van der Waals surface area (Å²) in [4.78, 5) is 16.8. The smallest absolute Gasteiger partial charge is 0.254 e.